The van der Waals surface area contributed by atoms with Crippen molar-refractivity contribution in [3.05, 3.63) is 30.4 Å². The average molecular weight is 147 g/mol. The monoisotopic (exact) mass is 147 g/mol. The molecule has 56 valence electrons. The molecule has 3 heteroatoms. The van der Waals surface area contributed by atoms with Crippen molar-refractivity contribution in [3.8, 4) is 0 Å². The van der Waals surface area contributed by atoms with Crippen molar-refractivity contribution in [3.63, 3.8) is 0 Å². The Kier molecular flexibility index (Phi) is 1.35. The lowest BCUT2D eigenvalue weighted by atomic mass is 10.2. The third-order valence-electron chi connectivity index (χ3n) is 1.79. The van der Waals surface area contributed by atoms with Gasteiger partial charge in [-0.15, -0.1) is 0 Å². The van der Waals surface area contributed by atoms with Gasteiger partial charge in [0.1, 0.15) is 6.33 Å². The average Bonchev–Trinajstić information content (AvgIpc) is 2.47. The number of aryl methyl sites for hydroxylation is 1. The van der Waals surface area contributed by atoms with E-state index in [1.165, 1.54) is 5.56 Å². The first-order valence-electron chi connectivity index (χ1n) is 3.68. The zero-order chi connectivity index (χ0) is 7.68. The molecule has 2 heterocycles. The van der Waals surface area contributed by atoms with Crippen LogP contribution in [0.25, 0.3) is 5.52 Å². The maximum absolute atomic E-state index is 4.14. The van der Waals surface area contributed by atoms with E-state index >= 15 is 0 Å². The third kappa shape index (κ3) is 0.888. The van der Waals surface area contributed by atoms with Gasteiger partial charge in [0, 0.05) is 6.20 Å². The first-order valence-corrected chi connectivity index (χ1v) is 3.68. The van der Waals surface area contributed by atoms with E-state index in [9.17, 15) is 0 Å². The third-order valence-corrected chi connectivity index (χ3v) is 1.79. The fourth-order valence-corrected chi connectivity index (χ4v) is 1.17. The van der Waals surface area contributed by atoms with Crippen LogP contribution in [0, 0.1) is 0 Å². The number of hydrogen-bond acceptors (Lipinski definition) is 2. The van der Waals surface area contributed by atoms with Crippen molar-refractivity contribution in [1.82, 2.24) is 14.6 Å². The van der Waals surface area contributed by atoms with Crippen LogP contribution in [0.5, 0.6) is 0 Å². The van der Waals surface area contributed by atoms with Crippen LogP contribution in [0.4, 0.5) is 0 Å². The molecule has 2 rings (SSSR count). The Morgan fingerprint density at radius 1 is 1.55 bits per heavy atom. The predicted octanol–water partition coefficient (Wildman–Crippen LogP) is 1.29. The fourth-order valence-electron chi connectivity index (χ4n) is 1.17. The molecule has 0 aromatic carbocycles. The predicted molar refractivity (Wildman–Crippen MR) is 42.4 cm³/mol. The minimum absolute atomic E-state index is 1.02. The Bertz CT molecular complexity index is 364. The standard InChI is InChI=1S/C8H9N3/c1-2-7-5-10-11-6-9-4-3-8(7)11/h3-6H,2H2,1H3. The molecule has 0 aliphatic carbocycles. The van der Waals surface area contributed by atoms with E-state index in [-0.39, 0.29) is 0 Å². The van der Waals surface area contributed by atoms with E-state index in [4.69, 9.17) is 0 Å². The zero-order valence-electron chi connectivity index (χ0n) is 6.36. The maximum Gasteiger partial charge on any atom is 0.117 e. The SMILES string of the molecule is CCc1cnn2cnccc12. The molecule has 0 amide bonds. The maximum atomic E-state index is 4.14. The largest absolute Gasteiger partial charge is 0.245 e. The van der Waals surface area contributed by atoms with Crippen LogP contribution in [-0.4, -0.2) is 14.6 Å². The molecular weight excluding hydrogens is 138 g/mol. The minimum Gasteiger partial charge on any atom is -0.245 e. The molecule has 0 radical (unpaired) electrons. The molecule has 0 fully saturated rings. The fraction of sp³-hybridized carbons (Fsp3) is 0.250. The summed E-state index contributed by atoms with van der Waals surface area (Å²) in [5.41, 5.74) is 2.43. The van der Waals surface area contributed by atoms with Gasteiger partial charge in [-0.05, 0) is 18.1 Å². The quantitative estimate of drug-likeness (QED) is 0.608. The molecule has 2 aromatic rings. The molecule has 0 bridgehead atoms. The van der Waals surface area contributed by atoms with Crippen molar-refractivity contribution in [1.29, 1.82) is 0 Å². The van der Waals surface area contributed by atoms with Crippen LogP contribution < -0.4 is 0 Å². The normalized spacial score (nSPS) is 10.6. The summed E-state index contributed by atoms with van der Waals surface area (Å²) in [5, 5.41) is 4.14. The highest BCUT2D eigenvalue weighted by molar-refractivity contribution is 5.52. The minimum atomic E-state index is 1.02. The van der Waals surface area contributed by atoms with Crippen LogP contribution >= 0.6 is 0 Å². The Labute approximate surface area is 64.7 Å². The van der Waals surface area contributed by atoms with E-state index < -0.39 is 0 Å². The number of aromatic nitrogens is 3. The molecule has 0 saturated heterocycles. The van der Waals surface area contributed by atoms with Crippen LogP contribution in [0.3, 0.4) is 0 Å². The van der Waals surface area contributed by atoms with E-state index in [1.807, 2.05) is 12.3 Å². The van der Waals surface area contributed by atoms with E-state index in [0.717, 1.165) is 11.9 Å². The van der Waals surface area contributed by atoms with Crippen molar-refractivity contribution in [2.45, 2.75) is 13.3 Å². The molecule has 0 aliphatic rings. The molecule has 0 unspecified atom stereocenters. The highest BCUT2D eigenvalue weighted by atomic mass is 15.2. The second kappa shape index (κ2) is 2.34. The molecule has 3 nitrogen and oxygen atoms in total. The summed E-state index contributed by atoms with van der Waals surface area (Å²) in [4.78, 5) is 3.96. The van der Waals surface area contributed by atoms with Gasteiger partial charge in [0.25, 0.3) is 0 Å². The smallest absolute Gasteiger partial charge is 0.117 e. The summed E-state index contributed by atoms with van der Waals surface area (Å²) in [6.07, 6.45) is 6.41. The lowest BCUT2D eigenvalue weighted by molar-refractivity contribution is 0.921. The highest BCUT2D eigenvalue weighted by Crippen LogP contribution is 2.08. The molecule has 0 saturated carbocycles. The van der Waals surface area contributed by atoms with Gasteiger partial charge < -0.3 is 0 Å². The summed E-state index contributed by atoms with van der Waals surface area (Å²) in [5.74, 6) is 0. The summed E-state index contributed by atoms with van der Waals surface area (Å²) in [7, 11) is 0. The molecule has 0 N–H and O–H groups in total. The first kappa shape index (κ1) is 6.34. The van der Waals surface area contributed by atoms with Crippen LogP contribution in [-0.2, 0) is 6.42 Å². The number of fused-ring (bicyclic) bond motifs is 1. The summed E-state index contributed by atoms with van der Waals surface area (Å²) in [6, 6.07) is 1.98. The van der Waals surface area contributed by atoms with Gasteiger partial charge in [0.2, 0.25) is 0 Å². The summed E-state index contributed by atoms with van der Waals surface area (Å²) in [6.45, 7) is 2.12. The first-order chi connectivity index (χ1) is 5.42. The van der Waals surface area contributed by atoms with E-state index in [1.54, 1.807) is 17.0 Å². The Balaban J connectivity index is 2.76. The summed E-state index contributed by atoms with van der Waals surface area (Å²) >= 11 is 0. The Morgan fingerprint density at radius 3 is 3.27 bits per heavy atom. The highest BCUT2D eigenvalue weighted by Gasteiger charge is 1.98. The topological polar surface area (TPSA) is 30.2 Å². The van der Waals surface area contributed by atoms with Crippen LogP contribution in [0.15, 0.2) is 24.8 Å². The van der Waals surface area contributed by atoms with E-state index in [0.29, 0.717) is 0 Å². The Hall–Kier alpha value is -1.38. The molecule has 0 spiro atoms. The molecule has 0 atom stereocenters. The second-order valence-corrected chi connectivity index (χ2v) is 2.43. The summed E-state index contributed by atoms with van der Waals surface area (Å²) < 4.78 is 1.79. The van der Waals surface area contributed by atoms with Crippen molar-refractivity contribution in [2.24, 2.45) is 0 Å². The van der Waals surface area contributed by atoms with Gasteiger partial charge in [0.05, 0.1) is 11.7 Å². The number of rotatable bonds is 1. The van der Waals surface area contributed by atoms with E-state index in [2.05, 4.69) is 17.0 Å². The van der Waals surface area contributed by atoms with Crippen molar-refractivity contribution >= 4 is 5.52 Å². The zero-order valence-corrected chi connectivity index (χ0v) is 6.36. The van der Waals surface area contributed by atoms with Gasteiger partial charge in [-0.3, -0.25) is 0 Å². The van der Waals surface area contributed by atoms with Crippen molar-refractivity contribution in [2.75, 3.05) is 0 Å². The molecular formula is C8H9N3. The Morgan fingerprint density at radius 2 is 2.45 bits per heavy atom. The van der Waals surface area contributed by atoms with Gasteiger partial charge in [-0.25, -0.2) is 9.50 Å². The lowest BCUT2D eigenvalue weighted by Crippen LogP contribution is -1.86. The van der Waals surface area contributed by atoms with Crippen LogP contribution in [0.1, 0.15) is 12.5 Å². The van der Waals surface area contributed by atoms with Gasteiger partial charge >= 0.3 is 0 Å². The van der Waals surface area contributed by atoms with Gasteiger partial charge in [-0.2, -0.15) is 5.10 Å². The lowest BCUT2D eigenvalue weighted by Gasteiger charge is -1.91. The van der Waals surface area contributed by atoms with Crippen molar-refractivity contribution < 1.29 is 0 Å². The van der Waals surface area contributed by atoms with Crippen LogP contribution in [0.2, 0.25) is 0 Å². The number of nitrogens with zero attached hydrogens (tertiary/aromatic N) is 3. The van der Waals surface area contributed by atoms with Gasteiger partial charge in [-0.1, -0.05) is 6.92 Å². The molecule has 11 heavy (non-hydrogen) atoms. The van der Waals surface area contributed by atoms with Gasteiger partial charge in [0.15, 0.2) is 0 Å². The number of hydrogen-bond donors (Lipinski definition) is 0. The molecule has 2 aromatic heterocycles. The molecule has 0 aliphatic heterocycles. The second-order valence-electron chi connectivity index (χ2n) is 2.43.